The van der Waals surface area contributed by atoms with E-state index in [0.717, 1.165) is 52.4 Å². The number of pyridine rings is 1. The topological polar surface area (TPSA) is 59.7 Å². The number of ether oxygens (including phenoxy) is 1. The molecule has 3 aromatic heterocycles. The summed E-state index contributed by atoms with van der Waals surface area (Å²) in [7, 11) is 0. The number of aromatic nitrogens is 3. The number of imidazole rings is 1. The molecule has 9 heteroatoms. The quantitative estimate of drug-likeness (QED) is 0.172. The van der Waals surface area contributed by atoms with E-state index in [-0.39, 0.29) is 24.1 Å². The number of hydrogen-bond donors (Lipinski definition) is 0. The van der Waals surface area contributed by atoms with E-state index in [9.17, 15) is 9.18 Å². The van der Waals surface area contributed by atoms with Crippen LogP contribution in [0.25, 0.3) is 44.3 Å². The summed E-state index contributed by atoms with van der Waals surface area (Å²) in [6, 6.07) is 14.0. The number of aryl methyl sites for hydroxylation is 1. The van der Waals surface area contributed by atoms with Gasteiger partial charge in [0.1, 0.15) is 22.3 Å². The van der Waals surface area contributed by atoms with Gasteiger partial charge in [-0.05, 0) is 85.9 Å². The van der Waals surface area contributed by atoms with Crippen LogP contribution in [0.2, 0.25) is 0 Å². The molecule has 0 atom stereocenters. The zero-order chi connectivity index (χ0) is 30.1. The Bertz CT molecular complexity index is 1840. The molecule has 6 rings (SSSR count). The molecule has 5 aromatic rings. The molecule has 0 spiro atoms. The van der Waals surface area contributed by atoms with Gasteiger partial charge in [0.15, 0.2) is 0 Å². The van der Waals surface area contributed by atoms with Gasteiger partial charge in [-0.3, -0.25) is 14.1 Å². The fourth-order valence-electron chi connectivity index (χ4n) is 5.57. The number of rotatable bonds is 8. The number of benzene rings is 2. The van der Waals surface area contributed by atoms with Gasteiger partial charge in [-0.15, -0.1) is 11.3 Å². The van der Waals surface area contributed by atoms with Crippen molar-refractivity contribution in [1.82, 2.24) is 19.3 Å². The Morgan fingerprint density at radius 2 is 1.77 bits per heavy atom. The fourth-order valence-corrected chi connectivity index (χ4v) is 6.48. The highest BCUT2D eigenvalue weighted by Gasteiger charge is 2.22. The van der Waals surface area contributed by atoms with E-state index >= 15 is 4.39 Å². The first kappa shape index (κ1) is 28.9. The summed E-state index contributed by atoms with van der Waals surface area (Å²) in [6.45, 7) is 7.71. The van der Waals surface area contributed by atoms with Crippen LogP contribution in [0, 0.1) is 18.6 Å². The Morgan fingerprint density at radius 3 is 2.49 bits per heavy atom. The molecule has 0 aliphatic carbocycles. The van der Waals surface area contributed by atoms with E-state index in [1.807, 2.05) is 48.0 Å². The molecule has 0 bridgehead atoms. The second-order valence-corrected chi connectivity index (χ2v) is 11.4. The summed E-state index contributed by atoms with van der Waals surface area (Å²) < 4.78 is 36.7. The minimum atomic E-state index is -0.301. The maximum Gasteiger partial charge on any atom is 0.320 e. The molecule has 4 heterocycles. The third kappa shape index (κ3) is 5.75. The molecule has 0 fully saturated rings. The van der Waals surface area contributed by atoms with Crippen LogP contribution in [0.3, 0.4) is 0 Å². The average Bonchev–Trinajstić information content (AvgIpc) is 3.64. The van der Waals surface area contributed by atoms with Crippen molar-refractivity contribution >= 4 is 28.5 Å². The molecule has 0 amide bonds. The molecule has 2 aromatic carbocycles. The van der Waals surface area contributed by atoms with Gasteiger partial charge in [0.2, 0.25) is 0 Å². The zero-order valence-corrected chi connectivity index (χ0v) is 25.2. The maximum atomic E-state index is 16.2. The van der Waals surface area contributed by atoms with Gasteiger partial charge in [-0.25, -0.2) is 18.7 Å². The molecule has 43 heavy (non-hydrogen) atoms. The van der Waals surface area contributed by atoms with Crippen molar-refractivity contribution in [3.05, 3.63) is 94.6 Å². The SMILES string of the molecule is CCOC(=O)CN1CC=C(c2ccc3nc(CC)c(-c4ccc(-c5nc(-c6ccc(F)cc6)cs5)c(C)c4F)n3c2)CC1. The van der Waals surface area contributed by atoms with Crippen molar-refractivity contribution in [2.45, 2.75) is 33.6 Å². The summed E-state index contributed by atoms with van der Waals surface area (Å²) in [5, 5.41) is 2.62. The fraction of sp³-hybridized carbons (Fsp3) is 0.265. The molecule has 0 radical (unpaired) electrons. The van der Waals surface area contributed by atoms with Gasteiger partial charge in [0.25, 0.3) is 0 Å². The van der Waals surface area contributed by atoms with Gasteiger partial charge in [-0.1, -0.05) is 19.1 Å². The molecule has 6 nitrogen and oxygen atoms in total. The molecular weight excluding hydrogens is 566 g/mol. The molecule has 0 unspecified atom stereocenters. The van der Waals surface area contributed by atoms with Crippen LogP contribution in [0.5, 0.6) is 0 Å². The Morgan fingerprint density at radius 1 is 1.00 bits per heavy atom. The standard InChI is InChI=1S/C34H32F2N4O2S/c1-4-28-33(40-18-24(8-13-30(40)37-28)22-14-16-39(17-15-22)19-31(41)42-5-2)27-12-11-26(21(3)32(27)36)34-38-29(20-43-34)23-6-9-25(35)10-7-23/h6-14,18,20H,4-5,15-17,19H2,1-3H3. The van der Waals surface area contributed by atoms with Gasteiger partial charge < -0.3 is 4.74 Å². The summed E-state index contributed by atoms with van der Waals surface area (Å²) >= 11 is 1.44. The highest BCUT2D eigenvalue weighted by Crippen LogP contribution is 2.37. The van der Waals surface area contributed by atoms with Crippen LogP contribution in [0.4, 0.5) is 8.78 Å². The Labute approximate surface area is 253 Å². The van der Waals surface area contributed by atoms with Gasteiger partial charge in [0.05, 0.1) is 30.2 Å². The van der Waals surface area contributed by atoms with Crippen LogP contribution >= 0.6 is 11.3 Å². The van der Waals surface area contributed by atoms with E-state index in [4.69, 9.17) is 14.7 Å². The smallest absolute Gasteiger partial charge is 0.320 e. The first-order chi connectivity index (χ1) is 20.9. The van der Waals surface area contributed by atoms with Crippen molar-refractivity contribution in [2.24, 2.45) is 0 Å². The van der Waals surface area contributed by atoms with Crippen LogP contribution in [0.15, 0.2) is 66.2 Å². The predicted molar refractivity (Wildman–Crippen MR) is 167 cm³/mol. The monoisotopic (exact) mass is 598 g/mol. The predicted octanol–water partition coefficient (Wildman–Crippen LogP) is 7.59. The third-order valence-corrected chi connectivity index (χ3v) is 8.74. The van der Waals surface area contributed by atoms with Crippen LogP contribution in [-0.2, 0) is 16.0 Å². The maximum absolute atomic E-state index is 16.2. The van der Waals surface area contributed by atoms with Crippen molar-refractivity contribution in [3.63, 3.8) is 0 Å². The molecule has 220 valence electrons. The molecule has 0 N–H and O–H groups in total. The molecule has 0 saturated carbocycles. The lowest BCUT2D eigenvalue weighted by Crippen LogP contribution is -2.34. The number of nitrogens with zero attached hydrogens (tertiary/aromatic N) is 4. The number of fused-ring (bicyclic) bond motifs is 1. The molecule has 1 aliphatic heterocycles. The number of carbonyl (C=O) groups is 1. The third-order valence-electron chi connectivity index (χ3n) is 7.86. The second kappa shape index (κ2) is 12.2. The lowest BCUT2D eigenvalue weighted by atomic mass is 9.99. The van der Waals surface area contributed by atoms with Crippen molar-refractivity contribution < 1.29 is 18.3 Å². The minimum Gasteiger partial charge on any atom is -0.465 e. The number of carbonyl (C=O) groups excluding carboxylic acids is 1. The van der Waals surface area contributed by atoms with E-state index in [2.05, 4.69) is 17.0 Å². The summed E-state index contributed by atoms with van der Waals surface area (Å²) in [5.74, 6) is -0.807. The van der Waals surface area contributed by atoms with E-state index in [1.54, 1.807) is 19.1 Å². The van der Waals surface area contributed by atoms with Crippen LogP contribution in [0.1, 0.15) is 37.1 Å². The highest BCUT2D eigenvalue weighted by molar-refractivity contribution is 7.13. The first-order valence-corrected chi connectivity index (χ1v) is 15.3. The summed E-state index contributed by atoms with van der Waals surface area (Å²) in [4.78, 5) is 23.5. The summed E-state index contributed by atoms with van der Waals surface area (Å²) in [5.41, 5.74) is 7.86. The van der Waals surface area contributed by atoms with E-state index in [0.29, 0.717) is 35.7 Å². The van der Waals surface area contributed by atoms with E-state index < -0.39 is 0 Å². The van der Waals surface area contributed by atoms with Crippen LogP contribution < -0.4 is 0 Å². The summed E-state index contributed by atoms with van der Waals surface area (Å²) in [6.07, 6.45) is 5.65. The molecular formula is C34H32F2N4O2S. The van der Waals surface area contributed by atoms with Crippen molar-refractivity contribution in [2.75, 3.05) is 26.2 Å². The lowest BCUT2D eigenvalue weighted by Gasteiger charge is -2.25. The normalized spacial score (nSPS) is 13.8. The van der Waals surface area contributed by atoms with Crippen molar-refractivity contribution in [3.8, 4) is 33.1 Å². The Balaban J connectivity index is 1.33. The van der Waals surface area contributed by atoms with Gasteiger partial charge in [-0.2, -0.15) is 0 Å². The van der Waals surface area contributed by atoms with Gasteiger partial charge >= 0.3 is 5.97 Å². The average molecular weight is 599 g/mol. The number of thiazole rings is 1. The van der Waals surface area contributed by atoms with E-state index in [1.165, 1.54) is 29.0 Å². The van der Waals surface area contributed by atoms with Gasteiger partial charge in [0, 0.05) is 41.4 Å². The highest BCUT2D eigenvalue weighted by atomic mass is 32.1. The lowest BCUT2D eigenvalue weighted by molar-refractivity contribution is -0.144. The largest absolute Gasteiger partial charge is 0.465 e. The number of halogens is 2. The Hall–Kier alpha value is -4.21. The Kier molecular flexibility index (Phi) is 8.19. The molecule has 0 saturated heterocycles. The number of hydrogen-bond acceptors (Lipinski definition) is 6. The molecule has 1 aliphatic rings. The number of esters is 1. The first-order valence-electron chi connectivity index (χ1n) is 14.5. The minimum absolute atomic E-state index is 0.206. The zero-order valence-electron chi connectivity index (χ0n) is 24.4. The van der Waals surface area contributed by atoms with Crippen LogP contribution in [-0.4, -0.2) is 51.5 Å². The van der Waals surface area contributed by atoms with Crippen molar-refractivity contribution in [1.29, 1.82) is 0 Å². The second-order valence-electron chi connectivity index (χ2n) is 10.6.